The molecule has 4 nitrogen and oxygen atoms in total. The van der Waals surface area contributed by atoms with E-state index in [0.29, 0.717) is 5.91 Å². The largest absolute Gasteiger partial charge is 0.356 e. The van der Waals surface area contributed by atoms with Crippen LogP contribution in [0.15, 0.2) is 12.4 Å². The van der Waals surface area contributed by atoms with Crippen molar-refractivity contribution in [2.24, 2.45) is 23.2 Å². The highest BCUT2D eigenvalue weighted by atomic mass is 16.2. The number of carbonyl (C=O) groups excluding carboxylic acids is 1. The van der Waals surface area contributed by atoms with E-state index in [1.54, 1.807) is 6.20 Å². The van der Waals surface area contributed by atoms with Crippen molar-refractivity contribution in [3.63, 3.8) is 0 Å². The number of carbonyl (C=O) groups is 1. The Labute approximate surface area is 126 Å². The van der Waals surface area contributed by atoms with Gasteiger partial charge in [0.25, 0.3) is 0 Å². The first-order chi connectivity index (χ1) is 10.2. The van der Waals surface area contributed by atoms with Crippen LogP contribution in [0.2, 0.25) is 0 Å². The molecule has 1 aromatic heterocycles. The predicted octanol–water partition coefficient (Wildman–Crippen LogP) is 2.67. The van der Waals surface area contributed by atoms with Crippen LogP contribution in [-0.2, 0) is 11.2 Å². The van der Waals surface area contributed by atoms with E-state index in [2.05, 4.69) is 15.3 Å². The lowest BCUT2D eigenvalue weighted by Crippen LogP contribution is -2.53. The van der Waals surface area contributed by atoms with E-state index < -0.39 is 0 Å². The van der Waals surface area contributed by atoms with E-state index >= 15 is 0 Å². The van der Waals surface area contributed by atoms with Crippen molar-refractivity contribution >= 4 is 5.91 Å². The van der Waals surface area contributed by atoms with Gasteiger partial charge in [0.15, 0.2) is 0 Å². The zero-order chi connectivity index (χ0) is 14.3. The topological polar surface area (TPSA) is 57.8 Å². The van der Waals surface area contributed by atoms with Crippen LogP contribution < -0.4 is 5.32 Å². The molecule has 4 saturated carbocycles. The first-order valence-electron chi connectivity index (χ1n) is 8.50. The summed E-state index contributed by atoms with van der Waals surface area (Å²) in [6, 6.07) is 0. The predicted molar refractivity (Wildman–Crippen MR) is 80.5 cm³/mol. The van der Waals surface area contributed by atoms with Crippen LogP contribution in [0.4, 0.5) is 0 Å². The third-order valence-corrected chi connectivity index (χ3v) is 5.95. The molecule has 5 rings (SSSR count). The van der Waals surface area contributed by atoms with Crippen LogP contribution in [0, 0.1) is 23.2 Å². The second-order valence-corrected chi connectivity index (χ2v) is 7.59. The minimum absolute atomic E-state index is 0.000564. The minimum Gasteiger partial charge on any atom is -0.356 e. The van der Waals surface area contributed by atoms with Gasteiger partial charge in [-0.2, -0.15) is 0 Å². The highest BCUT2D eigenvalue weighted by molar-refractivity contribution is 5.83. The van der Waals surface area contributed by atoms with Crippen molar-refractivity contribution < 1.29 is 4.79 Å². The average molecular weight is 287 g/mol. The van der Waals surface area contributed by atoms with Crippen molar-refractivity contribution in [2.75, 3.05) is 6.54 Å². The quantitative estimate of drug-likeness (QED) is 0.818. The fourth-order valence-electron chi connectivity index (χ4n) is 5.47. The van der Waals surface area contributed by atoms with E-state index in [1.165, 1.54) is 19.3 Å². The summed E-state index contributed by atoms with van der Waals surface area (Å²) in [5.74, 6) is 3.88. The van der Waals surface area contributed by atoms with Gasteiger partial charge in [-0.1, -0.05) is 0 Å². The number of H-pyrrole nitrogens is 1. The number of hydrogen-bond acceptors (Lipinski definition) is 2. The molecule has 4 aliphatic rings. The number of amides is 1. The van der Waals surface area contributed by atoms with Crippen LogP contribution in [-0.4, -0.2) is 22.4 Å². The van der Waals surface area contributed by atoms with E-state index in [0.717, 1.165) is 62.2 Å². The van der Waals surface area contributed by atoms with Gasteiger partial charge in [-0.3, -0.25) is 4.79 Å². The van der Waals surface area contributed by atoms with Gasteiger partial charge < -0.3 is 10.3 Å². The van der Waals surface area contributed by atoms with Crippen LogP contribution in [0.1, 0.15) is 50.8 Å². The summed E-state index contributed by atoms with van der Waals surface area (Å²) in [7, 11) is 0. The first-order valence-corrected chi connectivity index (χ1v) is 8.50. The molecular formula is C17H25N3O. The van der Waals surface area contributed by atoms with Crippen molar-refractivity contribution in [3.8, 4) is 0 Å². The molecule has 4 heteroatoms. The van der Waals surface area contributed by atoms with Gasteiger partial charge in [0, 0.05) is 30.8 Å². The Balaban J connectivity index is 1.31. The van der Waals surface area contributed by atoms with Crippen molar-refractivity contribution in [2.45, 2.75) is 51.4 Å². The summed E-state index contributed by atoms with van der Waals surface area (Å²) in [5, 5.41) is 3.22. The van der Waals surface area contributed by atoms with E-state index in [-0.39, 0.29) is 5.41 Å². The molecule has 4 fully saturated rings. The Bertz CT molecular complexity index is 473. The van der Waals surface area contributed by atoms with Crippen LogP contribution in [0.25, 0.3) is 0 Å². The zero-order valence-corrected chi connectivity index (χ0v) is 12.6. The number of nitrogens with zero attached hydrogens (tertiary/aromatic N) is 1. The lowest BCUT2D eigenvalue weighted by Gasteiger charge is -2.55. The molecule has 0 unspecified atom stereocenters. The number of rotatable bonds is 5. The summed E-state index contributed by atoms with van der Waals surface area (Å²) < 4.78 is 0. The highest BCUT2D eigenvalue weighted by Crippen LogP contribution is 2.60. The number of aryl methyl sites for hydroxylation is 1. The van der Waals surface area contributed by atoms with E-state index in [4.69, 9.17) is 0 Å². The van der Waals surface area contributed by atoms with Gasteiger partial charge in [-0.05, 0) is 62.7 Å². The van der Waals surface area contributed by atoms with Crippen molar-refractivity contribution in [1.29, 1.82) is 0 Å². The first kappa shape index (κ1) is 13.4. The van der Waals surface area contributed by atoms with Crippen LogP contribution in [0.5, 0.6) is 0 Å². The lowest BCUT2D eigenvalue weighted by atomic mass is 9.49. The molecule has 2 N–H and O–H groups in total. The standard InChI is InChI=1S/C17H25N3O/c21-16(20-3-1-2-15-18-4-5-19-15)17-9-12-6-13(10-17)8-14(7-12)11-17/h4-5,12-14H,1-3,6-11H2,(H,18,19)(H,20,21). The van der Waals surface area contributed by atoms with Crippen molar-refractivity contribution in [3.05, 3.63) is 18.2 Å². The maximum Gasteiger partial charge on any atom is 0.226 e. The molecule has 0 radical (unpaired) electrons. The normalized spacial score (nSPS) is 36.9. The number of aromatic amines is 1. The number of aromatic nitrogens is 2. The lowest BCUT2D eigenvalue weighted by molar-refractivity contribution is -0.146. The molecule has 114 valence electrons. The molecule has 21 heavy (non-hydrogen) atoms. The van der Waals surface area contributed by atoms with Gasteiger partial charge in [-0.15, -0.1) is 0 Å². The highest BCUT2D eigenvalue weighted by Gasteiger charge is 2.54. The molecular weight excluding hydrogens is 262 g/mol. The Morgan fingerprint density at radius 1 is 1.24 bits per heavy atom. The smallest absolute Gasteiger partial charge is 0.226 e. The molecule has 4 aliphatic carbocycles. The second kappa shape index (κ2) is 5.15. The molecule has 4 bridgehead atoms. The van der Waals surface area contributed by atoms with Gasteiger partial charge in [0.05, 0.1) is 0 Å². The summed E-state index contributed by atoms with van der Waals surface area (Å²) >= 11 is 0. The van der Waals surface area contributed by atoms with Crippen LogP contribution >= 0.6 is 0 Å². The molecule has 0 saturated heterocycles. The Morgan fingerprint density at radius 2 is 1.90 bits per heavy atom. The van der Waals surface area contributed by atoms with Gasteiger partial charge in [0.2, 0.25) is 5.91 Å². The van der Waals surface area contributed by atoms with E-state index in [1.807, 2.05) is 6.20 Å². The fraction of sp³-hybridized carbons (Fsp3) is 0.765. The monoisotopic (exact) mass is 287 g/mol. The SMILES string of the molecule is O=C(NCCCc1ncc[nH]1)C12CC3CC(CC(C3)C1)C2. The van der Waals surface area contributed by atoms with Gasteiger partial charge in [0.1, 0.15) is 5.82 Å². The van der Waals surface area contributed by atoms with Gasteiger partial charge >= 0.3 is 0 Å². The number of nitrogens with one attached hydrogen (secondary N) is 2. The Morgan fingerprint density at radius 3 is 2.48 bits per heavy atom. The summed E-state index contributed by atoms with van der Waals surface area (Å²) in [5.41, 5.74) is -0.000564. The van der Waals surface area contributed by atoms with Gasteiger partial charge in [-0.25, -0.2) is 4.98 Å². The third-order valence-electron chi connectivity index (χ3n) is 5.95. The zero-order valence-electron chi connectivity index (χ0n) is 12.6. The van der Waals surface area contributed by atoms with E-state index in [9.17, 15) is 4.79 Å². The average Bonchev–Trinajstić information content (AvgIpc) is 2.95. The fourth-order valence-corrected chi connectivity index (χ4v) is 5.47. The number of imidazole rings is 1. The summed E-state index contributed by atoms with van der Waals surface area (Å²) in [6.07, 6.45) is 13.2. The van der Waals surface area contributed by atoms with Crippen molar-refractivity contribution in [1.82, 2.24) is 15.3 Å². The molecule has 1 amide bonds. The second-order valence-electron chi connectivity index (χ2n) is 7.59. The maximum absolute atomic E-state index is 12.7. The minimum atomic E-state index is -0.000564. The number of hydrogen-bond donors (Lipinski definition) is 2. The molecule has 0 atom stereocenters. The molecule has 0 spiro atoms. The Hall–Kier alpha value is -1.32. The third kappa shape index (κ3) is 2.49. The molecule has 0 aromatic carbocycles. The van der Waals surface area contributed by atoms with Crippen LogP contribution in [0.3, 0.4) is 0 Å². The molecule has 1 heterocycles. The summed E-state index contributed by atoms with van der Waals surface area (Å²) in [6.45, 7) is 0.779. The maximum atomic E-state index is 12.7. The molecule has 0 aliphatic heterocycles. The molecule has 1 aromatic rings. The Kier molecular flexibility index (Phi) is 3.27. The summed E-state index contributed by atoms with van der Waals surface area (Å²) in [4.78, 5) is 20.1.